The molecule has 1 heterocycles. The molecule has 0 aliphatic heterocycles. The van der Waals surface area contributed by atoms with Crippen molar-refractivity contribution in [1.29, 1.82) is 0 Å². The lowest BCUT2D eigenvalue weighted by Gasteiger charge is -2.25. The summed E-state index contributed by atoms with van der Waals surface area (Å²) in [5.41, 5.74) is 0. The average molecular weight is 268 g/mol. The first-order valence-corrected chi connectivity index (χ1v) is 6.49. The molecule has 1 atom stereocenters. The Morgan fingerprint density at radius 3 is 2.63 bits per heavy atom. The summed E-state index contributed by atoms with van der Waals surface area (Å²) in [5, 5.41) is 3.45. The molecule has 0 saturated carbocycles. The summed E-state index contributed by atoms with van der Waals surface area (Å²) in [6.45, 7) is 5.93. The summed E-state index contributed by atoms with van der Waals surface area (Å²) in [4.78, 5) is 13.4. The van der Waals surface area contributed by atoms with Crippen LogP contribution in [0.5, 0.6) is 0 Å². The van der Waals surface area contributed by atoms with Gasteiger partial charge >= 0.3 is 5.97 Å². The SMILES string of the molecule is COC(=O)c1ccc(CNC(CN(C)C)C(C)C)o1. The number of ether oxygens (including phenoxy) is 1. The van der Waals surface area contributed by atoms with Crippen LogP contribution in [-0.2, 0) is 11.3 Å². The molecule has 1 aromatic rings. The van der Waals surface area contributed by atoms with Gasteiger partial charge in [-0.25, -0.2) is 4.79 Å². The average Bonchev–Trinajstić information content (AvgIpc) is 2.81. The minimum absolute atomic E-state index is 0.244. The summed E-state index contributed by atoms with van der Waals surface area (Å²) < 4.78 is 10.0. The number of likely N-dealkylation sites (N-methyl/N-ethyl adjacent to an activating group) is 1. The van der Waals surface area contributed by atoms with E-state index in [1.807, 2.05) is 0 Å². The van der Waals surface area contributed by atoms with Gasteiger partial charge in [0.1, 0.15) is 5.76 Å². The summed E-state index contributed by atoms with van der Waals surface area (Å²) in [5.74, 6) is 1.07. The van der Waals surface area contributed by atoms with Crippen molar-refractivity contribution in [3.8, 4) is 0 Å². The molecule has 1 unspecified atom stereocenters. The second-order valence-corrected chi connectivity index (χ2v) is 5.25. The largest absolute Gasteiger partial charge is 0.463 e. The second kappa shape index (κ2) is 7.31. The van der Waals surface area contributed by atoms with Crippen LogP contribution in [0, 0.1) is 5.92 Å². The molecule has 0 saturated heterocycles. The third kappa shape index (κ3) is 5.04. The highest BCUT2D eigenvalue weighted by Crippen LogP contribution is 2.10. The molecule has 1 rings (SSSR count). The number of carbonyl (C=O) groups is 1. The molecule has 5 heteroatoms. The molecule has 0 spiro atoms. The maximum Gasteiger partial charge on any atom is 0.373 e. The molecule has 108 valence electrons. The number of esters is 1. The van der Waals surface area contributed by atoms with Gasteiger partial charge in [0.05, 0.1) is 13.7 Å². The monoisotopic (exact) mass is 268 g/mol. The van der Waals surface area contributed by atoms with Crippen LogP contribution >= 0.6 is 0 Å². The van der Waals surface area contributed by atoms with E-state index < -0.39 is 5.97 Å². The van der Waals surface area contributed by atoms with Gasteiger partial charge in [-0.15, -0.1) is 0 Å². The van der Waals surface area contributed by atoms with E-state index in [9.17, 15) is 4.79 Å². The molecule has 19 heavy (non-hydrogen) atoms. The number of carbonyl (C=O) groups excluding carboxylic acids is 1. The molecule has 0 radical (unpaired) electrons. The number of furan rings is 1. The molecule has 5 nitrogen and oxygen atoms in total. The Balaban J connectivity index is 2.54. The fourth-order valence-corrected chi connectivity index (χ4v) is 1.82. The molecule has 0 bridgehead atoms. The molecule has 0 amide bonds. The third-order valence-corrected chi connectivity index (χ3v) is 2.95. The number of nitrogens with one attached hydrogen (secondary N) is 1. The zero-order valence-corrected chi connectivity index (χ0v) is 12.4. The molecular formula is C14H24N2O3. The van der Waals surface area contributed by atoms with Crippen molar-refractivity contribution in [1.82, 2.24) is 10.2 Å². The van der Waals surface area contributed by atoms with E-state index >= 15 is 0 Å². The van der Waals surface area contributed by atoms with Crippen molar-refractivity contribution in [2.75, 3.05) is 27.7 Å². The second-order valence-electron chi connectivity index (χ2n) is 5.25. The Hall–Kier alpha value is -1.33. The minimum Gasteiger partial charge on any atom is -0.463 e. The fraction of sp³-hybridized carbons (Fsp3) is 0.643. The van der Waals surface area contributed by atoms with Crippen LogP contribution in [0.3, 0.4) is 0 Å². The summed E-state index contributed by atoms with van der Waals surface area (Å²) in [6, 6.07) is 3.81. The Kier molecular flexibility index (Phi) is 6.05. The van der Waals surface area contributed by atoms with Gasteiger partial charge in [0, 0.05) is 12.6 Å². The van der Waals surface area contributed by atoms with E-state index in [-0.39, 0.29) is 5.76 Å². The van der Waals surface area contributed by atoms with Crippen LogP contribution < -0.4 is 5.32 Å². The fourth-order valence-electron chi connectivity index (χ4n) is 1.82. The Bertz CT molecular complexity index is 399. The summed E-state index contributed by atoms with van der Waals surface area (Å²) in [6.07, 6.45) is 0. The maximum absolute atomic E-state index is 11.3. The summed E-state index contributed by atoms with van der Waals surface area (Å²) >= 11 is 0. The van der Waals surface area contributed by atoms with Crippen molar-refractivity contribution in [2.24, 2.45) is 5.92 Å². The topological polar surface area (TPSA) is 54.7 Å². The van der Waals surface area contributed by atoms with Crippen LogP contribution in [-0.4, -0.2) is 44.7 Å². The summed E-state index contributed by atoms with van der Waals surface area (Å²) in [7, 11) is 5.45. The number of methoxy groups -OCH3 is 1. The van der Waals surface area contributed by atoms with Crippen molar-refractivity contribution in [3.05, 3.63) is 23.7 Å². The Morgan fingerprint density at radius 1 is 1.42 bits per heavy atom. The molecular weight excluding hydrogens is 244 g/mol. The van der Waals surface area contributed by atoms with E-state index in [0.29, 0.717) is 18.5 Å². The standard InChI is InChI=1S/C14H24N2O3/c1-10(2)12(9-16(3)4)15-8-11-6-7-13(19-11)14(17)18-5/h6-7,10,12,15H,8-9H2,1-5H3. The van der Waals surface area contributed by atoms with Gasteiger partial charge in [-0.3, -0.25) is 0 Å². The number of hydrogen-bond donors (Lipinski definition) is 1. The van der Waals surface area contributed by atoms with Crippen LogP contribution in [0.15, 0.2) is 16.5 Å². The number of hydrogen-bond acceptors (Lipinski definition) is 5. The Labute approximate surface area is 114 Å². The first kappa shape index (κ1) is 15.7. The lowest BCUT2D eigenvalue weighted by atomic mass is 10.0. The van der Waals surface area contributed by atoms with Crippen LogP contribution in [0.25, 0.3) is 0 Å². The van der Waals surface area contributed by atoms with E-state index in [2.05, 4.69) is 42.9 Å². The van der Waals surface area contributed by atoms with Gasteiger partial charge in [-0.1, -0.05) is 13.8 Å². The smallest absolute Gasteiger partial charge is 0.373 e. The Morgan fingerprint density at radius 2 is 2.11 bits per heavy atom. The van der Waals surface area contributed by atoms with E-state index in [0.717, 1.165) is 12.3 Å². The van der Waals surface area contributed by atoms with Gasteiger partial charge in [0.2, 0.25) is 5.76 Å². The highest BCUT2D eigenvalue weighted by Gasteiger charge is 2.15. The maximum atomic E-state index is 11.3. The molecule has 0 aromatic carbocycles. The van der Waals surface area contributed by atoms with Crippen LogP contribution in [0.2, 0.25) is 0 Å². The van der Waals surface area contributed by atoms with Crippen molar-refractivity contribution in [2.45, 2.75) is 26.4 Å². The van der Waals surface area contributed by atoms with Crippen molar-refractivity contribution in [3.63, 3.8) is 0 Å². The molecule has 1 N–H and O–H groups in total. The molecule has 0 aliphatic carbocycles. The van der Waals surface area contributed by atoms with Crippen molar-refractivity contribution < 1.29 is 13.9 Å². The minimum atomic E-state index is -0.444. The number of rotatable bonds is 7. The van der Waals surface area contributed by atoms with Crippen LogP contribution in [0.1, 0.15) is 30.2 Å². The van der Waals surface area contributed by atoms with Gasteiger partial charge in [-0.05, 0) is 32.1 Å². The quantitative estimate of drug-likeness (QED) is 0.763. The first-order chi connectivity index (χ1) is 8.93. The van der Waals surface area contributed by atoms with Crippen molar-refractivity contribution >= 4 is 5.97 Å². The third-order valence-electron chi connectivity index (χ3n) is 2.95. The lowest BCUT2D eigenvalue weighted by molar-refractivity contribution is 0.0562. The van der Waals surface area contributed by atoms with Gasteiger partial charge in [0.15, 0.2) is 0 Å². The van der Waals surface area contributed by atoms with Gasteiger partial charge < -0.3 is 19.4 Å². The highest BCUT2D eigenvalue weighted by molar-refractivity contribution is 5.86. The zero-order chi connectivity index (χ0) is 14.4. The van der Waals surface area contributed by atoms with E-state index in [4.69, 9.17) is 4.42 Å². The number of nitrogens with zero attached hydrogens (tertiary/aromatic N) is 1. The molecule has 1 aromatic heterocycles. The predicted molar refractivity (Wildman–Crippen MR) is 74.1 cm³/mol. The molecule has 0 fully saturated rings. The van der Waals surface area contributed by atoms with Gasteiger partial charge in [-0.2, -0.15) is 0 Å². The normalized spacial score (nSPS) is 13.0. The lowest BCUT2D eigenvalue weighted by Crippen LogP contribution is -2.41. The van der Waals surface area contributed by atoms with E-state index in [1.54, 1.807) is 12.1 Å². The highest BCUT2D eigenvalue weighted by atomic mass is 16.5. The van der Waals surface area contributed by atoms with Gasteiger partial charge in [0.25, 0.3) is 0 Å². The zero-order valence-electron chi connectivity index (χ0n) is 12.4. The van der Waals surface area contributed by atoms with Crippen LogP contribution in [0.4, 0.5) is 0 Å². The first-order valence-electron chi connectivity index (χ1n) is 6.49. The molecule has 0 aliphatic rings. The predicted octanol–water partition coefficient (Wildman–Crippen LogP) is 1.74. The van der Waals surface area contributed by atoms with E-state index in [1.165, 1.54) is 7.11 Å².